The number of para-hydroxylation sites is 1. The fourth-order valence-electron chi connectivity index (χ4n) is 5.70. The van der Waals surface area contributed by atoms with E-state index in [-0.39, 0.29) is 23.0 Å². The maximum atomic E-state index is 14.2. The Morgan fingerprint density at radius 1 is 1.21 bits per heavy atom. The summed E-state index contributed by atoms with van der Waals surface area (Å²) in [6.45, 7) is -2.88. The predicted octanol–water partition coefficient (Wildman–Crippen LogP) is 6.20. The molecule has 2 saturated carbocycles. The van der Waals surface area contributed by atoms with Crippen LogP contribution in [0.15, 0.2) is 40.9 Å². The Kier molecular flexibility index (Phi) is 3.68. The summed E-state index contributed by atoms with van der Waals surface area (Å²) in [6, 6.07) is 10.1. The first-order chi connectivity index (χ1) is 14.0. The summed E-state index contributed by atoms with van der Waals surface area (Å²) in [7, 11) is 0. The maximum Gasteiger partial charge on any atom is 0.387 e. The minimum absolute atomic E-state index is 0.0250. The van der Waals surface area contributed by atoms with Crippen molar-refractivity contribution in [3.05, 3.63) is 58.1 Å². The molecule has 1 aliphatic heterocycles. The summed E-state index contributed by atoms with van der Waals surface area (Å²) in [6.07, 6.45) is 4.55. The van der Waals surface area contributed by atoms with Gasteiger partial charge in [-0.1, -0.05) is 24.6 Å². The Hall–Kier alpha value is -2.02. The summed E-state index contributed by atoms with van der Waals surface area (Å²) in [5, 5.41) is 0. The summed E-state index contributed by atoms with van der Waals surface area (Å²) < 4.78 is 47.7. The summed E-state index contributed by atoms with van der Waals surface area (Å²) in [5.74, 6) is 1.71. The van der Waals surface area contributed by atoms with E-state index in [1.807, 2.05) is 12.1 Å². The lowest BCUT2D eigenvalue weighted by atomic mass is 9.72. The second kappa shape index (κ2) is 6.00. The van der Waals surface area contributed by atoms with Crippen molar-refractivity contribution >= 4 is 27.0 Å². The Labute approximate surface area is 174 Å². The fourth-order valence-corrected chi connectivity index (χ4v) is 6.03. The number of imidazole rings is 1. The smallest absolute Gasteiger partial charge is 0.387 e. The molecule has 150 valence electrons. The van der Waals surface area contributed by atoms with Crippen LogP contribution in [0.5, 0.6) is 5.75 Å². The van der Waals surface area contributed by atoms with Gasteiger partial charge in [0, 0.05) is 17.0 Å². The van der Waals surface area contributed by atoms with Crippen LogP contribution in [0.4, 0.5) is 13.2 Å². The molecule has 3 atom stereocenters. The van der Waals surface area contributed by atoms with Crippen LogP contribution < -0.4 is 4.74 Å². The highest BCUT2D eigenvalue weighted by molar-refractivity contribution is 9.10. The topological polar surface area (TPSA) is 27.1 Å². The van der Waals surface area contributed by atoms with Crippen molar-refractivity contribution in [3.8, 4) is 5.75 Å². The quantitative estimate of drug-likeness (QED) is 0.461. The number of nitrogens with zero attached hydrogens (tertiary/aromatic N) is 2. The van der Waals surface area contributed by atoms with E-state index in [2.05, 4.69) is 20.5 Å². The minimum Gasteiger partial charge on any atom is -0.434 e. The molecule has 3 nitrogen and oxygen atoms in total. The van der Waals surface area contributed by atoms with Crippen molar-refractivity contribution in [2.75, 3.05) is 0 Å². The molecule has 3 aromatic rings. The molecule has 29 heavy (non-hydrogen) atoms. The van der Waals surface area contributed by atoms with Crippen molar-refractivity contribution in [1.82, 2.24) is 9.55 Å². The second-order valence-electron chi connectivity index (χ2n) is 8.40. The Morgan fingerprint density at radius 2 is 2.00 bits per heavy atom. The van der Waals surface area contributed by atoms with Crippen LogP contribution in [-0.4, -0.2) is 16.2 Å². The lowest BCUT2D eigenvalue weighted by Crippen LogP contribution is -2.28. The number of benzene rings is 2. The predicted molar refractivity (Wildman–Crippen MR) is 106 cm³/mol. The molecule has 0 amide bonds. The number of hydrogen-bond donors (Lipinski definition) is 0. The van der Waals surface area contributed by atoms with Crippen molar-refractivity contribution in [2.45, 2.75) is 43.8 Å². The Balaban J connectivity index is 1.58. The third-order valence-corrected chi connectivity index (χ3v) is 7.76. The van der Waals surface area contributed by atoms with E-state index in [9.17, 15) is 13.2 Å². The van der Waals surface area contributed by atoms with Crippen LogP contribution in [0.1, 0.15) is 43.1 Å². The van der Waals surface area contributed by atoms with E-state index in [1.165, 1.54) is 25.3 Å². The Bertz CT molecular complexity index is 1140. The SMILES string of the molecule is Fc1cc2nc3n(c2cc1Br)[C@@H](c1ccccc1OC(F)F)[C@H]1C[C@@]31C1CCC1. The van der Waals surface area contributed by atoms with E-state index in [0.29, 0.717) is 21.8 Å². The van der Waals surface area contributed by atoms with Gasteiger partial charge in [0.15, 0.2) is 0 Å². The van der Waals surface area contributed by atoms with E-state index < -0.39 is 6.61 Å². The van der Waals surface area contributed by atoms with Gasteiger partial charge in [-0.15, -0.1) is 0 Å². The van der Waals surface area contributed by atoms with Gasteiger partial charge in [-0.3, -0.25) is 0 Å². The van der Waals surface area contributed by atoms with Crippen LogP contribution >= 0.6 is 15.9 Å². The van der Waals surface area contributed by atoms with Crippen LogP contribution in [0.25, 0.3) is 11.0 Å². The molecule has 2 aliphatic carbocycles. The largest absolute Gasteiger partial charge is 0.434 e. The molecule has 7 heteroatoms. The first-order valence-electron chi connectivity index (χ1n) is 9.92. The number of hydrogen-bond acceptors (Lipinski definition) is 2. The van der Waals surface area contributed by atoms with Crippen molar-refractivity contribution in [1.29, 1.82) is 0 Å². The first-order valence-corrected chi connectivity index (χ1v) is 10.7. The summed E-state index contributed by atoms with van der Waals surface area (Å²) in [4.78, 5) is 4.87. The van der Waals surface area contributed by atoms with Gasteiger partial charge in [-0.05, 0) is 59.2 Å². The van der Waals surface area contributed by atoms with E-state index >= 15 is 0 Å². The first kappa shape index (κ1) is 17.8. The van der Waals surface area contributed by atoms with Crippen molar-refractivity contribution < 1.29 is 17.9 Å². The molecule has 0 bridgehead atoms. The lowest BCUT2D eigenvalue weighted by Gasteiger charge is -2.32. The normalized spacial score (nSPS) is 27.8. The van der Waals surface area contributed by atoms with Crippen LogP contribution in [0.3, 0.4) is 0 Å². The molecule has 2 heterocycles. The van der Waals surface area contributed by atoms with Gasteiger partial charge in [0.1, 0.15) is 17.4 Å². The van der Waals surface area contributed by atoms with Crippen molar-refractivity contribution in [2.24, 2.45) is 11.8 Å². The van der Waals surface area contributed by atoms with E-state index in [4.69, 9.17) is 9.72 Å². The van der Waals surface area contributed by atoms with E-state index in [1.54, 1.807) is 18.2 Å². The summed E-state index contributed by atoms with van der Waals surface area (Å²) in [5.41, 5.74) is 2.17. The zero-order valence-corrected chi connectivity index (χ0v) is 17.0. The molecule has 0 unspecified atom stereocenters. The number of aromatic nitrogens is 2. The number of rotatable bonds is 4. The highest BCUT2D eigenvalue weighted by Gasteiger charge is 2.70. The molecule has 2 fully saturated rings. The lowest BCUT2D eigenvalue weighted by molar-refractivity contribution is -0.0507. The fraction of sp³-hybridized carbons (Fsp3) is 0.409. The molecule has 2 aromatic carbocycles. The number of halogens is 4. The molecule has 0 saturated heterocycles. The Morgan fingerprint density at radius 3 is 2.72 bits per heavy atom. The average molecular weight is 463 g/mol. The number of fused-ring (bicyclic) bond motifs is 5. The van der Waals surface area contributed by atoms with Crippen molar-refractivity contribution in [3.63, 3.8) is 0 Å². The van der Waals surface area contributed by atoms with Gasteiger partial charge in [0.05, 0.1) is 21.5 Å². The van der Waals surface area contributed by atoms with Crippen LogP contribution in [0.2, 0.25) is 0 Å². The van der Waals surface area contributed by atoms with Gasteiger partial charge in [-0.2, -0.15) is 8.78 Å². The summed E-state index contributed by atoms with van der Waals surface area (Å²) >= 11 is 3.29. The molecule has 3 aliphatic rings. The van der Waals surface area contributed by atoms with Crippen LogP contribution in [-0.2, 0) is 5.41 Å². The second-order valence-corrected chi connectivity index (χ2v) is 9.25. The maximum absolute atomic E-state index is 14.2. The van der Waals surface area contributed by atoms with Gasteiger partial charge in [0.25, 0.3) is 0 Å². The molecule has 0 N–H and O–H groups in total. The molecule has 0 radical (unpaired) electrons. The zero-order chi connectivity index (χ0) is 19.9. The van der Waals surface area contributed by atoms with Gasteiger partial charge in [-0.25, -0.2) is 9.37 Å². The van der Waals surface area contributed by atoms with E-state index in [0.717, 1.165) is 23.3 Å². The molecular formula is C22H18BrF3N2O. The minimum atomic E-state index is -2.88. The van der Waals surface area contributed by atoms with Gasteiger partial charge in [0.2, 0.25) is 0 Å². The third kappa shape index (κ3) is 2.34. The van der Waals surface area contributed by atoms with Gasteiger partial charge < -0.3 is 9.30 Å². The average Bonchev–Trinajstić information content (AvgIpc) is 3.14. The number of alkyl halides is 2. The molecular weight excluding hydrogens is 445 g/mol. The van der Waals surface area contributed by atoms with Crippen LogP contribution in [0, 0.1) is 17.7 Å². The zero-order valence-electron chi connectivity index (χ0n) is 15.4. The molecule has 0 spiro atoms. The molecule has 1 aromatic heterocycles. The number of ether oxygens (including phenoxy) is 1. The monoisotopic (exact) mass is 462 g/mol. The standard InChI is InChI=1S/C22H18BrF3N2O/c23-14-8-17-16(9-15(14)24)27-20-22(11-4-3-5-11)10-13(22)19(28(17)20)12-6-1-2-7-18(12)29-21(25)26/h1-2,6-9,11,13,19,21H,3-5,10H2/t13-,19+,22+/m1/s1. The third-order valence-electron chi connectivity index (χ3n) is 7.15. The highest BCUT2D eigenvalue weighted by atomic mass is 79.9. The highest BCUT2D eigenvalue weighted by Crippen LogP contribution is 2.73. The molecule has 6 rings (SSSR count). The van der Waals surface area contributed by atoms with Gasteiger partial charge >= 0.3 is 6.61 Å².